The van der Waals surface area contributed by atoms with Gasteiger partial charge in [0.1, 0.15) is 0 Å². The molecule has 0 saturated heterocycles. The molecule has 0 amide bonds. The summed E-state index contributed by atoms with van der Waals surface area (Å²) >= 11 is 0. The van der Waals surface area contributed by atoms with Crippen LogP contribution in [0.25, 0.3) is 0 Å². The Morgan fingerprint density at radius 3 is 1.12 bits per heavy atom. The van der Waals surface area contributed by atoms with Gasteiger partial charge in [-0.05, 0) is 121 Å². The van der Waals surface area contributed by atoms with Crippen LogP contribution in [-0.4, -0.2) is 0 Å². The molecule has 0 fully saturated rings. The molecule has 0 unspecified atom stereocenters. The second-order valence-corrected chi connectivity index (χ2v) is 11.5. The second-order valence-electron chi connectivity index (χ2n) is 11.5. The van der Waals surface area contributed by atoms with E-state index in [4.69, 9.17) is 11.5 Å². The molecule has 2 nitrogen and oxygen atoms in total. The highest BCUT2D eigenvalue weighted by Crippen LogP contribution is 2.21. The highest BCUT2D eigenvalue weighted by Gasteiger charge is 2.05. The van der Waals surface area contributed by atoms with Crippen LogP contribution in [0.5, 0.6) is 0 Å². The van der Waals surface area contributed by atoms with Gasteiger partial charge in [0, 0.05) is 11.4 Å². The SMILES string of the molecule is CCCCc1cc(Cc2ccc(CCCCc3ccc(Cc4ccc(N)c(CCCC)c4)cc3)cc2)ccc1N. The topological polar surface area (TPSA) is 52.0 Å². The van der Waals surface area contributed by atoms with Crippen LogP contribution in [0.15, 0.2) is 84.9 Å². The van der Waals surface area contributed by atoms with Gasteiger partial charge in [-0.15, -0.1) is 0 Å². The molecule has 210 valence electrons. The van der Waals surface area contributed by atoms with E-state index in [9.17, 15) is 0 Å². The van der Waals surface area contributed by atoms with E-state index in [0.29, 0.717) is 0 Å². The number of unbranched alkanes of at least 4 members (excludes halogenated alkanes) is 3. The van der Waals surface area contributed by atoms with Crippen molar-refractivity contribution in [1.82, 2.24) is 0 Å². The molecule has 40 heavy (non-hydrogen) atoms. The van der Waals surface area contributed by atoms with Crippen molar-refractivity contribution in [2.75, 3.05) is 11.5 Å². The van der Waals surface area contributed by atoms with Crippen LogP contribution in [0, 0.1) is 0 Å². The number of rotatable bonds is 15. The fourth-order valence-corrected chi connectivity index (χ4v) is 5.48. The molecule has 0 aliphatic carbocycles. The average molecular weight is 533 g/mol. The van der Waals surface area contributed by atoms with Gasteiger partial charge in [0.25, 0.3) is 0 Å². The minimum absolute atomic E-state index is 0.929. The molecular formula is C38H48N2. The monoisotopic (exact) mass is 532 g/mol. The Labute approximate surface area is 242 Å². The summed E-state index contributed by atoms with van der Waals surface area (Å²) in [5.74, 6) is 0. The maximum atomic E-state index is 6.19. The van der Waals surface area contributed by atoms with E-state index < -0.39 is 0 Å². The third-order valence-corrected chi connectivity index (χ3v) is 8.06. The first kappa shape index (κ1) is 29.5. The van der Waals surface area contributed by atoms with Crippen molar-refractivity contribution in [3.05, 3.63) is 129 Å². The van der Waals surface area contributed by atoms with E-state index >= 15 is 0 Å². The quantitative estimate of drug-likeness (QED) is 0.118. The van der Waals surface area contributed by atoms with Crippen LogP contribution in [0.2, 0.25) is 0 Å². The van der Waals surface area contributed by atoms with Gasteiger partial charge in [-0.3, -0.25) is 0 Å². The van der Waals surface area contributed by atoms with Crippen molar-refractivity contribution in [3.63, 3.8) is 0 Å². The predicted octanol–water partition coefficient (Wildman–Crippen LogP) is 9.28. The van der Waals surface area contributed by atoms with Crippen LogP contribution in [-0.2, 0) is 38.5 Å². The molecule has 0 aromatic heterocycles. The van der Waals surface area contributed by atoms with Crippen molar-refractivity contribution in [3.8, 4) is 0 Å². The van der Waals surface area contributed by atoms with Crippen LogP contribution >= 0.6 is 0 Å². The summed E-state index contributed by atoms with van der Waals surface area (Å²) in [6.45, 7) is 4.46. The Hall–Kier alpha value is -3.52. The Morgan fingerprint density at radius 1 is 0.400 bits per heavy atom. The van der Waals surface area contributed by atoms with Gasteiger partial charge in [0.15, 0.2) is 0 Å². The molecule has 2 heteroatoms. The summed E-state index contributed by atoms with van der Waals surface area (Å²) in [5, 5.41) is 0. The standard InChI is InChI=1S/C38H48N2/c1-3-5-11-35-27-33(21-23-37(35)39)25-31-17-13-29(14-18-31)9-7-8-10-30-15-19-32(20-16-30)26-34-22-24-38(40)36(28-34)12-6-4-2/h13-24,27-28H,3-12,25-26,39-40H2,1-2H3. The molecule has 0 heterocycles. The lowest BCUT2D eigenvalue weighted by molar-refractivity contribution is 0.734. The van der Waals surface area contributed by atoms with Gasteiger partial charge >= 0.3 is 0 Å². The molecule has 4 aromatic carbocycles. The van der Waals surface area contributed by atoms with Crippen LogP contribution in [0.3, 0.4) is 0 Å². The molecule has 4 rings (SSSR count). The molecule has 0 aliphatic rings. The van der Waals surface area contributed by atoms with Gasteiger partial charge in [0.2, 0.25) is 0 Å². The van der Waals surface area contributed by atoms with Crippen molar-refractivity contribution in [2.24, 2.45) is 0 Å². The summed E-state index contributed by atoms with van der Waals surface area (Å²) in [6.07, 6.45) is 13.6. The van der Waals surface area contributed by atoms with Crippen LogP contribution < -0.4 is 11.5 Å². The molecule has 4 aromatic rings. The van der Waals surface area contributed by atoms with Crippen molar-refractivity contribution >= 4 is 11.4 Å². The lowest BCUT2D eigenvalue weighted by atomic mass is 9.97. The normalized spacial score (nSPS) is 11.2. The van der Waals surface area contributed by atoms with Crippen LogP contribution in [0.1, 0.15) is 96.9 Å². The zero-order valence-electron chi connectivity index (χ0n) is 24.7. The van der Waals surface area contributed by atoms with E-state index in [1.807, 2.05) is 0 Å². The van der Waals surface area contributed by atoms with Gasteiger partial charge in [0.05, 0.1) is 0 Å². The van der Waals surface area contributed by atoms with Crippen LogP contribution in [0.4, 0.5) is 11.4 Å². The molecule has 4 N–H and O–H groups in total. The van der Waals surface area contributed by atoms with E-state index in [1.165, 1.54) is 83.0 Å². The van der Waals surface area contributed by atoms with Gasteiger partial charge in [-0.1, -0.05) is 99.5 Å². The summed E-state index contributed by atoms with van der Waals surface area (Å²) in [5.41, 5.74) is 25.1. The number of benzene rings is 4. The number of nitrogens with two attached hydrogens (primary N) is 2. The van der Waals surface area contributed by atoms with E-state index in [1.54, 1.807) is 0 Å². The lowest BCUT2D eigenvalue weighted by Gasteiger charge is -2.10. The smallest absolute Gasteiger partial charge is 0.0346 e. The molecule has 0 bridgehead atoms. The van der Waals surface area contributed by atoms with E-state index in [2.05, 4.69) is 98.8 Å². The average Bonchev–Trinajstić information content (AvgIpc) is 2.97. The molecule has 0 spiro atoms. The zero-order chi connectivity index (χ0) is 28.2. The molecule has 0 saturated carbocycles. The summed E-state index contributed by atoms with van der Waals surface area (Å²) in [7, 11) is 0. The summed E-state index contributed by atoms with van der Waals surface area (Å²) in [4.78, 5) is 0. The summed E-state index contributed by atoms with van der Waals surface area (Å²) in [6, 6.07) is 31.5. The van der Waals surface area contributed by atoms with Crippen molar-refractivity contribution < 1.29 is 0 Å². The maximum Gasteiger partial charge on any atom is 0.0346 e. The number of anilines is 2. The minimum Gasteiger partial charge on any atom is -0.399 e. The fraction of sp³-hybridized carbons (Fsp3) is 0.368. The fourth-order valence-electron chi connectivity index (χ4n) is 5.48. The third-order valence-electron chi connectivity index (χ3n) is 8.06. The van der Waals surface area contributed by atoms with E-state index in [0.717, 1.165) is 49.9 Å². The summed E-state index contributed by atoms with van der Waals surface area (Å²) < 4.78 is 0. The van der Waals surface area contributed by atoms with Gasteiger partial charge in [-0.2, -0.15) is 0 Å². The number of hydrogen-bond donors (Lipinski definition) is 2. The van der Waals surface area contributed by atoms with Gasteiger partial charge in [-0.25, -0.2) is 0 Å². The Kier molecular flexibility index (Phi) is 11.3. The first-order chi connectivity index (χ1) is 19.5. The Balaban J connectivity index is 1.20. The predicted molar refractivity (Wildman–Crippen MR) is 174 cm³/mol. The zero-order valence-corrected chi connectivity index (χ0v) is 24.7. The van der Waals surface area contributed by atoms with Crippen molar-refractivity contribution in [2.45, 2.75) is 90.9 Å². The highest BCUT2D eigenvalue weighted by atomic mass is 14.6. The second kappa shape index (κ2) is 15.3. The Bertz CT molecular complexity index is 1210. The van der Waals surface area contributed by atoms with Crippen molar-refractivity contribution in [1.29, 1.82) is 0 Å². The van der Waals surface area contributed by atoms with E-state index in [-0.39, 0.29) is 0 Å². The van der Waals surface area contributed by atoms with Gasteiger partial charge < -0.3 is 11.5 Å². The minimum atomic E-state index is 0.929. The largest absolute Gasteiger partial charge is 0.399 e. The maximum absolute atomic E-state index is 6.19. The molecule has 0 atom stereocenters. The third kappa shape index (κ3) is 9.01. The highest BCUT2D eigenvalue weighted by molar-refractivity contribution is 5.50. The number of hydrogen-bond acceptors (Lipinski definition) is 2. The molecule has 0 aliphatic heterocycles. The number of aryl methyl sites for hydroxylation is 4. The lowest BCUT2D eigenvalue weighted by Crippen LogP contribution is -1.98. The molecule has 0 radical (unpaired) electrons. The Morgan fingerprint density at radius 2 is 0.750 bits per heavy atom. The first-order valence-electron chi connectivity index (χ1n) is 15.4. The first-order valence-corrected chi connectivity index (χ1v) is 15.4. The molecular weight excluding hydrogens is 484 g/mol. The number of nitrogen functional groups attached to an aromatic ring is 2.